The Balaban J connectivity index is 3.13. The van der Waals surface area contributed by atoms with Crippen LogP contribution in [-0.4, -0.2) is 23.5 Å². The summed E-state index contributed by atoms with van der Waals surface area (Å²) in [4.78, 5) is 10.8. The summed E-state index contributed by atoms with van der Waals surface area (Å²) in [5, 5.41) is 9.54. The van der Waals surface area contributed by atoms with Crippen molar-refractivity contribution in [2.75, 3.05) is 12.4 Å². The zero-order valence-corrected chi connectivity index (χ0v) is 9.82. The lowest BCUT2D eigenvalue weighted by molar-refractivity contribution is 0.0697. The van der Waals surface area contributed by atoms with E-state index in [2.05, 4.69) is 15.9 Å². The highest BCUT2D eigenvalue weighted by Crippen LogP contribution is 2.21. The van der Waals surface area contributed by atoms with Crippen LogP contribution in [0.5, 0.6) is 5.75 Å². The second kappa shape index (κ2) is 5.56. The molecular weight excluding hydrogens is 260 g/mol. The summed E-state index contributed by atoms with van der Waals surface area (Å²) in [5.74, 6) is -0.275. The third-order valence-corrected chi connectivity index (χ3v) is 2.24. The number of alkyl halides is 1. The van der Waals surface area contributed by atoms with Crippen molar-refractivity contribution in [2.24, 2.45) is 0 Å². The molecule has 1 rings (SSSR count). The molecule has 0 spiro atoms. The number of rotatable bonds is 4. The maximum atomic E-state index is 10.8. The normalized spacial score (nSPS) is 10.5. The van der Waals surface area contributed by atoms with Gasteiger partial charge in [-0.15, -0.1) is 0 Å². The van der Waals surface area contributed by atoms with E-state index in [4.69, 9.17) is 9.84 Å². The number of aromatic carboxylic acids is 1. The van der Waals surface area contributed by atoms with Crippen LogP contribution in [0.1, 0.15) is 15.9 Å². The average molecular weight is 271 g/mol. The number of carboxylic acid groups (broad SMARTS) is 1. The predicted octanol–water partition coefficient (Wildman–Crippen LogP) is 2.80. The topological polar surface area (TPSA) is 46.5 Å². The minimum absolute atomic E-state index is 0.255. The Morgan fingerprint density at radius 3 is 2.87 bits per heavy atom. The van der Waals surface area contributed by atoms with Crippen molar-refractivity contribution >= 4 is 28.0 Å². The molecule has 1 N–H and O–H groups in total. The number of methoxy groups -OCH3 is 1. The lowest BCUT2D eigenvalue weighted by atomic mass is 10.1. The van der Waals surface area contributed by atoms with E-state index in [0.29, 0.717) is 11.1 Å². The quantitative estimate of drug-likeness (QED) is 0.856. The van der Waals surface area contributed by atoms with Crippen molar-refractivity contribution in [1.82, 2.24) is 0 Å². The van der Waals surface area contributed by atoms with Crippen molar-refractivity contribution in [3.63, 3.8) is 0 Å². The molecule has 0 radical (unpaired) electrons. The largest absolute Gasteiger partial charge is 0.496 e. The van der Waals surface area contributed by atoms with Gasteiger partial charge in [0.2, 0.25) is 0 Å². The van der Waals surface area contributed by atoms with Crippen molar-refractivity contribution < 1.29 is 14.6 Å². The molecule has 0 atom stereocenters. The molecule has 0 fully saturated rings. The number of halogens is 1. The van der Waals surface area contributed by atoms with Crippen LogP contribution < -0.4 is 4.74 Å². The van der Waals surface area contributed by atoms with Crippen LogP contribution in [0.4, 0.5) is 0 Å². The number of hydrogen-bond acceptors (Lipinski definition) is 2. The highest BCUT2D eigenvalue weighted by atomic mass is 79.9. The molecule has 1 aromatic rings. The Kier molecular flexibility index (Phi) is 4.37. The van der Waals surface area contributed by atoms with Gasteiger partial charge in [-0.05, 0) is 18.2 Å². The molecule has 0 aliphatic rings. The number of carboxylic acids is 1. The van der Waals surface area contributed by atoms with Crippen molar-refractivity contribution in [1.29, 1.82) is 0 Å². The SMILES string of the molecule is COc1ccc(C(=O)O)cc1C=CCBr. The fourth-order valence-electron chi connectivity index (χ4n) is 1.17. The first-order chi connectivity index (χ1) is 7.19. The maximum absolute atomic E-state index is 10.8. The zero-order chi connectivity index (χ0) is 11.3. The van der Waals surface area contributed by atoms with Crippen LogP contribution in [0.3, 0.4) is 0 Å². The molecular formula is C11H11BrO3. The molecule has 0 aromatic heterocycles. The Morgan fingerprint density at radius 1 is 1.60 bits per heavy atom. The summed E-state index contributed by atoms with van der Waals surface area (Å²) < 4.78 is 5.12. The molecule has 0 amide bonds. The zero-order valence-electron chi connectivity index (χ0n) is 8.24. The lowest BCUT2D eigenvalue weighted by Gasteiger charge is -2.05. The molecule has 0 aliphatic carbocycles. The molecule has 1 aromatic carbocycles. The van der Waals surface area contributed by atoms with E-state index < -0.39 is 5.97 Å². The van der Waals surface area contributed by atoms with E-state index >= 15 is 0 Å². The van der Waals surface area contributed by atoms with Crippen LogP contribution in [0.25, 0.3) is 6.08 Å². The third kappa shape index (κ3) is 3.09. The minimum atomic E-state index is -0.939. The number of hydrogen-bond donors (Lipinski definition) is 1. The molecule has 0 saturated heterocycles. The number of carbonyl (C=O) groups is 1. The van der Waals surface area contributed by atoms with Gasteiger partial charge in [0.15, 0.2) is 0 Å². The molecule has 80 valence electrons. The van der Waals surface area contributed by atoms with E-state index in [9.17, 15) is 4.79 Å². The summed E-state index contributed by atoms with van der Waals surface area (Å²) in [7, 11) is 1.56. The van der Waals surface area contributed by atoms with Crippen molar-refractivity contribution in [3.8, 4) is 5.75 Å². The van der Waals surface area contributed by atoms with Crippen LogP contribution in [0, 0.1) is 0 Å². The summed E-state index contributed by atoms with van der Waals surface area (Å²) >= 11 is 3.26. The molecule has 4 heteroatoms. The molecule has 15 heavy (non-hydrogen) atoms. The number of allylic oxidation sites excluding steroid dienone is 1. The molecule has 3 nitrogen and oxygen atoms in total. The first kappa shape index (κ1) is 11.8. The van der Waals surface area contributed by atoms with Crippen molar-refractivity contribution in [3.05, 3.63) is 35.4 Å². The van der Waals surface area contributed by atoms with Gasteiger partial charge in [-0.25, -0.2) is 4.79 Å². The Morgan fingerprint density at radius 2 is 2.33 bits per heavy atom. The molecule has 0 bridgehead atoms. The average Bonchev–Trinajstić information content (AvgIpc) is 2.25. The number of benzene rings is 1. The van der Waals surface area contributed by atoms with Gasteiger partial charge < -0.3 is 9.84 Å². The first-order valence-electron chi connectivity index (χ1n) is 4.33. The van der Waals surface area contributed by atoms with E-state index in [-0.39, 0.29) is 5.56 Å². The Bertz CT molecular complexity index is 385. The molecule has 0 heterocycles. The van der Waals surface area contributed by atoms with Gasteiger partial charge in [-0.3, -0.25) is 0 Å². The molecule has 0 aliphatic heterocycles. The van der Waals surface area contributed by atoms with Gasteiger partial charge in [0, 0.05) is 10.9 Å². The first-order valence-corrected chi connectivity index (χ1v) is 5.45. The second-order valence-corrected chi connectivity index (χ2v) is 3.47. The van der Waals surface area contributed by atoms with Crippen LogP contribution in [0.15, 0.2) is 24.3 Å². The Labute approximate surface area is 96.5 Å². The molecule has 0 saturated carbocycles. The molecule has 0 unspecified atom stereocenters. The van der Waals surface area contributed by atoms with Crippen LogP contribution in [-0.2, 0) is 0 Å². The van der Waals surface area contributed by atoms with Crippen LogP contribution >= 0.6 is 15.9 Å². The van der Waals surface area contributed by atoms with Gasteiger partial charge in [0.05, 0.1) is 12.7 Å². The highest BCUT2D eigenvalue weighted by molar-refractivity contribution is 9.09. The van der Waals surface area contributed by atoms with Gasteiger partial charge >= 0.3 is 5.97 Å². The lowest BCUT2D eigenvalue weighted by Crippen LogP contribution is -1.97. The fraction of sp³-hybridized carbons (Fsp3) is 0.182. The maximum Gasteiger partial charge on any atom is 0.335 e. The van der Waals surface area contributed by atoms with E-state index in [0.717, 1.165) is 5.56 Å². The van der Waals surface area contributed by atoms with Crippen molar-refractivity contribution in [2.45, 2.75) is 0 Å². The highest BCUT2D eigenvalue weighted by Gasteiger charge is 2.06. The third-order valence-electron chi connectivity index (χ3n) is 1.86. The summed E-state index contributed by atoms with van der Waals surface area (Å²) in [6.07, 6.45) is 3.70. The minimum Gasteiger partial charge on any atom is -0.496 e. The van der Waals surface area contributed by atoms with E-state index in [1.165, 1.54) is 6.07 Å². The van der Waals surface area contributed by atoms with Gasteiger partial charge in [-0.2, -0.15) is 0 Å². The fourth-order valence-corrected chi connectivity index (χ4v) is 1.36. The van der Waals surface area contributed by atoms with Crippen LogP contribution in [0.2, 0.25) is 0 Å². The summed E-state index contributed by atoms with van der Waals surface area (Å²) in [6.45, 7) is 0. The predicted molar refractivity (Wildman–Crippen MR) is 62.8 cm³/mol. The van der Waals surface area contributed by atoms with E-state index in [1.807, 2.05) is 12.2 Å². The second-order valence-electron chi connectivity index (χ2n) is 2.82. The summed E-state index contributed by atoms with van der Waals surface area (Å²) in [6, 6.07) is 4.75. The standard InChI is InChI=1S/C11H11BrO3/c1-15-10-5-4-9(11(13)14)7-8(10)3-2-6-12/h2-5,7H,6H2,1H3,(H,13,14). The van der Waals surface area contributed by atoms with Gasteiger partial charge in [-0.1, -0.05) is 28.1 Å². The van der Waals surface area contributed by atoms with Gasteiger partial charge in [0.25, 0.3) is 0 Å². The monoisotopic (exact) mass is 270 g/mol. The van der Waals surface area contributed by atoms with Gasteiger partial charge in [0.1, 0.15) is 5.75 Å². The summed E-state index contributed by atoms with van der Waals surface area (Å²) in [5.41, 5.74) is 1.02. The Hall–Kier alpha value is -1.29. The smallest absolute Gasteiger partial charge is 0.335 e. The number of ether oxygens (including phenoxy) is 1. The van der Waals surface area contributed by atoms with E-state index in [1.54, 1.807) is 19.2 Å².